The van der Waals surface area contributed by atoms with E-state index in [4.69, 9.17) is 0 Å². The van der Waals surface area contributed by atoms with Crippen molar-refractivity contribution in [2.75, 3.05) is 0 Å². The van der Waals surface area contributed by atoms with Crippen LogP contribution in [0.25, 0.3) is 11.1 Å². The van der Waals surface area contributed by atoms with Crippen molar-refractivity contribution < 1.29 is 58.2 Å². The fourth-order valence-corrected chi connectivity index (χ4v) is 2.74. The van der Waals surface area contributed by atoms with Gasteiger partial charge in [0.25, 0.3) is 0 Å². The van der Waals surface area contributed by atoms with E-state index in [1.165, 1.54) is 38.9 Å². The Hall–Kier alpha value is -0.535. The van der Waals surface area contributed by atoms with Crippen LogP contribution in [-0.4, -0.2) is 0 Å². The Labute approximate surface area is 188 Å². The minimum Gasteiger partial charge on any atom is -0.180 e. The summed E-state index contributed by atoms with van der Waals surface area (Å²) in [6.45, 7) is 6.41. The molecule has 0 aliphatic carbocycles. The average molecular weight is 371 g/mol. The van der Waals surface area contributed by atoms with E-state index in [-0.39, 0.29) is 58.2 Å². The van der Waals surface area contributed by atoms with E-state index in [0.29, 0.717) is 0 Å². The van der Waals surface area contributed by atoms with Gasteiger partial charge in [-0.25, -0.2) is 0 Å². The summed E-state index contributed by atoms with van der Waals surface area (Å²) in [4.78, 5) is 0. The Bertz CT molecular complexity index is 768. The van der Waals surface area contributed by atoms with Gasteiger partial charge in [0.2, 0.25) is 0 Å². The molecule has 0 nitrogen and oxygen atoms in total. The number of benzene rings is 3. The zero-order chi connectivity index (χ0) is 15.5. The molecule has 0 saturated carbocycles. The van der Waals surface area contributed by atoms with Gasteiger partial charge in [0.1, 0.15) is 0 Å². The van der Waals surface area contributed by atoms with Crippen LogP contribution in [0, 0.1) is 26.8 Å². The van der Waals surface area contributed by atoms with Crippen molar-refractivity contribution in [2.24, 2.45) is 0 Å². The maximum atomic E-state index is 3.26. The first-order valence-corrected chi connectivity index (χ1v) is 7.76. The molecular weight excluding hydrogens is 350 g/mol. The van der Waals surface area contributed by atoms with Gasteiger partial charge >= 0.3 is 58.2 Å². The third-order valence-electron chi connectivity index (χ3n) is 4.31. The second kappa shape index (κ2) is 8.53. The molecule has 0 bridgehead atoms. The molecule has 0 aliphatic rings. The third kappa shape index (κ3) is 4.73. The Kier molecular flexibility index (Phi) is 6.97. The summed E-state index contributed by atoms with van der Waals surface area (Å²) in [5.41, 5.74) is 9.14. The largest absolute Gasteiger partial charge is 1.00 e. The molecule has 3 rings (SSSR count). The first-order valence-electron chi connectivity index (χ1n) is 7.76. The fourth-order valence-electron chi connectivity index (χ4n) is 2.74. The summed E-state index contributed by atoms with van der Waals surface area (Å²) in [6.07, 6.45) is 0.987. The number of hydrogen-bond donors (Lipinski definition) is 0. The van der Waals surface area contributed by atoms with Crippen LogP contribution >= 0.6 is 0 Å². The molecule has 3 aromatic rings. The van der Waals surface area contributed by atoms with E-state index in [9.17, 15) is 0 Å². The third-order valence-corrected chi connectivity index (χ3v) is 4.31. The maximum absolute atomic E-state index is 3.26. The molecule has 0 heterocycles. The van der Waals surface area contributed by atoms with Gasteiger partial charge in [-0.3, -0.25) is 0 Å². The Balaban J connectivity index is 0.00000192. The van der Waals surface area contributed by atoms with Crippen molar-refractivity contribution >= 4 is 0 Å². The van der Waals surface area contributed by atoms with Gasteiger partial charge in [-0.2, -0.15) is 23.8 Å². The van der Waals surface area contributed by atoms with Crippen LogP contribution in [-0.2, 0) is 6.42 Å². The molecule has 0 spiro atoms. The molecule has 0 aromatic heterocycles. The van der Waals surface area contributed by atoms with E-state index in [2.05, 4.69) is 81.4 Å². The van der Waals surface area contributed by atoms with Crippen molar-refractivity contribution in [1.82, 2.24) is 0 Å². The summed E-state index contributed by atoms with van der Waals surface area (Å²) in [7, 11) is 0. The second-order valence-electron chi connectivity index (χ2n) is 6.00. The van der Waals surface area contributed by atoms with Crippen LogP contribution in [0.5, 0.6) is 0 Å². The molecule has 23 heavy (non-hydrogen) atoms. The fraction of sp³-hybridized carbons (Fsp3) is 0.182. The first kappa shape index (κ1) is 18.8. The summed E-state index contributed by atoms with van der Waals surface area (Å²) >= 11 is 0. The van der Waals surface area contributed by atoms with Crippen molar-refractivity contribution in [3.05, 3.63) is 94.5 Å². The zero-order valence-electron chi connectivity index (χ0n) is 14.5. The van der Waals surface area contributed by atoms with Gasteiger partial charge in [0.15, 0.2) is 0 Å². The maximum Gasteiger partial charge on any atom is 1.00 e. The van der Waals surface area contributed by atoms with Gasteiger partial charge in [-0.15, -0.1) is 11.1 Å². The van der Waals surface area contributed by atoms with E-state index in [0.717, 1.165) is 6.42 Å². The van der Waals surface area contributed by atoms with Crippen molar-refractivity contribution in [2.45, 2.75) is 27.2 Å². The molecule has 0 N–H and O–H groups in total. The average Bonchev–Trinajstić information content (AvgIpc) is 2.53. The Morgan fingerprint density at radius 2 is 1.30 bits per heavy atom. The normalized spacial score (nSPS) is 10.2. The minimum atomic E-state index is 0. The van der Waals surface area contributed by atoms with Crippen LogP contribution in [0.2, 0.25) is 0 Å². The summed E-state index contributed by atoms with van der Waals surface area (Å²) in [6, 6.07) is 25.1. The molecular formula is C22H21Rb. The SMILES string of the molecule is Cc1ccc(Cc2ccc(-c3cc[c-]c(C)c3C)cc2)cc1.[Rb+]. The first-order chi connectivity index (χ1) is 10.6. The van der Waals surface area contributed by atoms with Crippen LogP contribution in [0.4, 0.5) is 0 Å². The van der Waals surface area contributed by atoms with E-state index < -0.39 is 0 Å². The quantitative estimate of drug-likeness (QED) is 0.622. The second-order valence-corrected chi connectivity index (χ2v) is 6.00. The van der Waals surface area contributed by atoms with Crippen molar-refractivity contribution in [3.63, 3.8) is 0 Å². The molecule has 0 aliphatic heterocycles. The van der Waals surface area contributed by atoms with E-state index in [1.54, 1.807) is 0 Å². The van der Waals surface area contributed by atoms with E-state index in [1.807, 2.05) is 6.07 Å². The molecule has 0 radical (unpaired) electrons. The molecule has 0 saturated heterocycles. The smallest absolute Gasteiger partial charge is 0.180 e. The van der Waals surface area contributed by atoms with Gasteiger partial charge < -0.3 is 0 Å². The Morgan fingerprint density at radius 3 is 1.91 bits per heavy atom. The summed E-state index contributed by atoms with van der Waals surface area (Å²) in [5.74, 6) is 0. The standard InChI is InChI=1S/C22H21.Rb/c1-16-7-9-19(10-8-16)15-20-11-13-21(14-12-20)22-6-4-5-17(2)18(22)3;/h4,6-14H,15H2,1-3H3;/q-1;+1. The number of hydrogen-bond acceptors (Lipinski definition) is 0. The molecule has 110 valence electrons. The van der Waals surface area contributed by atoms with Gasteiger partial charge in [-0.05, 0) is 30.0 Å². The van der Waals surface area contributed by atoms with Crippen LogP contribution in [0.3, 0.4) is 0 Å². The predicted octanol–water partition coefficient (Wildman–Crippen LogP) is 2.67. The van der Waals surface area contributed by atoms with Gasteiger partial charge in [0.05, 0.1) is 0 Å². The topological polar surface area (TPSA) is 0 Å². The molecule has 0 atom stereocenters. The van der Waals surface area contributed by atoms with Gasteiger partial charge in [0, 0.05) is 0 Å². The number of rotatable bonds is 3. The van der Waals surface area contributed by atoms with Crippen LogP contribution < -0.4 is 58.2 Å². The molecule has 1 heteroatoms. The van der Waals surface area contributed by atoms with Crippen molar-refractivity contribution in [1.29, 1.82) is 0 Å². The summed E-state index contributed by atoms with van der Waals surface area (Å²) in [5, 5.41) is 0. The van der Waals surface area contributed by atoms with Crippen molar-refractivity contribution in [3.8, 4) is 11.1 Å². The molecule has 0 fully saturated rings. The molecule has 3 aromatic carbocycles. The monoisotopic (exact) mass is 370 g/mol. The van der Waals surface area contributed by atoms with Crippen LogP contribution in [0.15, 0.2) is 60.7 Å². The van der Waals surface area contributed by atoms with Gasteiger partial charge in [-0.1, -0.05) is 67.9 Å². The predicted molar refractivity (Wildman–Crippen MR) is 94.2 cm³/mol. The molecule has 0 unspecified atom stereocenters. The van der Waals surface area contributed by atoms with E-state index >= 15 is 0 Å². The minimum absolute atomic E-state index is 0. The zero-order valence-corrected chi connectivity index (χ0v) is 19.4. The summed E-state index contributed by atoms with van der Waals surface area (Å²) < 4.78 is 0. The Morgan fingerprint density at radius 1 is 0.739 bits per heavy atom. The molecule has 0 amide bonds. The number of aryl methyl sites for hydroxylation is 2. The van der Waals surface area contributed by atoms with Crippen LogP contribution in [0.1, 0.15) is 27.8 Å².